The number of alkyl halides is 2. The van der Waals surface area contributed by atoms with Crippen molar-refractivity contribution in [3.05, 3.63) is 62.7 Å². The predicted octanol–water partition coefficient (Wildman–Crippen LogP) is 3.65. The van der Waals surface area contributed by atoms with Crippen LogP contribution in [0.5, 0.6) is 0 Å². The van der Waals surface area contributed by atoms with Crippen LogP contribution < -0.4 is 16.6 Å². The van der Waals surface area contributed by atoms with Crippen molar-refractivity contribution in [2.45, 2.75) is 25.3 Å². The number of H-pyrrole nitrogens is 1. The second-order valence-electron chi connectivity index (χ2n) is 7.90. The number of nitrogens with two attached hydrogens (primary N) is 1. The lowest BCUT2D eigenvalue weighted by atomic mass is 10.1. The minimum atomic E-state index is -3.06. The van der Waals surface area contributed by atoms with Crippen LogP contribution >= 0.6 is 11.6 Å². The number of rotatable bonds is 6. The third kappa shape index (κ3) is 4.01. The van der Waals surface area contributed by atoms with E-state index in [9.17, 15) is 23.2 Å². The monoisotopic (exact) mass is 501 g/mol. The van der Waals surface area contributed by atoms with Crippen LogP contribution in [-0.4, -0.2) is 29.7 Å². The number of nitriles is 1. The first-order valence-corrected chi connectivity index (χ1v) is 10.7. The van der Waals surface area contributed by atoms with Gasteiger partial charge < -0.3 is 11.1 Å². The van der Waals surface area contributed by atoms with E-state index in [0.29, 0.717) is 0 Å². The van der Waals surface area contributed by atoms with Crippen molar-refractivity contribution in [3.8, 4) is 11.9 Å². The highest BCUT2D eigenvalue weighted by Gasteiger charge is 2.37. The average Bonchev–Trinajstić information content (AvgIpc) is 3.51. The Balaban J connectivity index is 1.75. The van der Waals surface area contributed by atoms with Crippen molar-refractivity contribution in [1.29, 1.82) is 5.26 Å². The molecule has 0 spiro atoms. The molecule has 3 aromatic heterocycles. The van der Waals surface area contributed by atoms with Crippen LogP contribution in [0.3, 0.4) is 0 Å². The van der Waals surface area contributed by atoms with Crippen LogP contribution in [0, 0.1) is 23.1 Å². The highest BCUT2D eigenvalue weighted by molar-refractivity contribution is 6.35. The maximum absolute atomic E-state index is 14.0. The first kappa shape index (κ1) is 22.6. The van der Waals surface area contributed by atoms with Crippen molar-refractivity contribution in [1.82, 2.24) is 29.7 Å². The van der Waals surface area contributed by atoms with Gasteiger partial charge in [-0.3, -0.25) is 9.89 Å². The summed E-state index contributed by atoms with van der Waals surface area (Å²) >= 11 is 6.21. The molecule has 1 aromatic carbocycles. The first-order valence-electron chi connectivity index (χ1n) is 10.3. The predicted molar refractivity (Wildman–Crippen MR) is 120 cm³/mol. The summed E-state index contributed by atoms with van der Waals surface area (Å²) in [5.74, 6) is -1.09. The zero-order valence-electron chi connectivity index (χ0n) is 17.6. The number of halogens is 4. The number of nitrogens with zero attached hydrogens (tertiary/aromatic N) is 6. The molecule has 0 radical (unpaired) electrons. The van der Waals surface area contributed by atoms with Gasteiger partial charge in [0, 0.05) is 6.07 Å². The van der Waals surface area contributed by atoms with E-state index < -0.39 is 41.0 Å². The average molecular weight is 502 g/mol. The van der Waals surface area contributed by atoms with Crippen molar-refractivity contribution < 1.29 is 13.2 Å². The summed E-state index contributed by atoms with van der Waals surface area (Å²) in [6, 6.07) is 4.50. The number of anilines is 2. The molecule has 4 aromatic rings. The molecule has 178 valence electrons. The summed E-state index contributed by atoms with van der Waals surface area (Å²) in [4.78, 5) is 25.5. The van der Waals surface area contributed by atoms with Crippen molar-refractivity contribution in [3.63, 3.8) is 0 Å². The quantitative estimate of drug-likeness (QED) is 0.362. The van der Waals surface area contributed by atoms with Gasteiger partial charge in [-0.2, -0.15) is 15.3 Å². The molecule has 1 aliphatic carbocycles. The number of nitrogens with one attached hydrogen (secondary N) is 2. The smallest absolute Gasteiger partial charge is 0.281 e. The summed E-state index contributed by atoms with van der Waals surface area (Å²) in [5.41, 5.74) is 3.77. The van der Waals surface area contributed by atoms with Crippen molar-refractivity contribution in [2.24, 2.45) is 5.92 Å². The van der Waals surface area contributed by atoms with E-state index in [1.54, 1.807) is 6.07 Å². The van der Waals surface area contributed by atoms with Gasteiger partial charge in [0.05, 0.1) is 28.2 Å². The number of benzene rings is 1. The molecular weight excluding hydrogens is 487 g/mol. The number of nitrogen functional groups attached to an aromatic ring is 1. The molecule has 5 rings (SSSR count). The Hall–Kier alpha value is -4.18. The third-order valence-electron chi connectivity index (χ3n) is 5.58. The number of aromatic amines is 1. The molecule has 0 aliphatic heterocycles. The summed E-state index contributed by atoms with van der Waals surface area (Å²) in [6.45, 7) is 0. The lowest BCUT2D eigenvalue weighted by Crippen LogP contribution is -2.30. The van der Waals surface area contributed by atoms with Crippen LogP contribution in [0.25, 0.3) is 16.7 Å². The van der Waals surface area contributed by atoms with Gasteiger partial charge in [-0.15, -0.1) is 0 Å². The molecule has 4 N–H and O–H groups in total. The molecule has 10 nitrogen and oxygen atoms in total. The van der Waals surface area contributed by atoms with Crippen LogP contribution in [0.1, 0.15) is 42.4 Å². The van der Waals surface area contributed by atoms with Gasteiger partial charge in [0.25, 0.3) is 12.0 Å². The summed E-state index contributed by atoms with van der Waals surface area (Å²) in [6.07, 6.45) is -0.210. The van der Waals surface area contributed by atoms with Crippen molar-refractivity contribution in [2.75, 3.05) is 11.1 Å². The van der Waals surface area contributed by atoms with Crippen LogP contribution in [0.2, 0.25) is 5.02 Å². The maximum Gasteiger partial charge on any atom is 0.281 e. The summed E-state index contributed by atoms with van der Waals surface area (Å²) in [7, 11) is 0. The first-order chi connectivity index (χ1) is 16.8. The van der Waals surface area contributed by atoms with Crippen LogP contribution in [0.15, 0.2) is 29.2 Å². The lowest BCUT2D eigenvalue weighted by molar-refractivity contribution is 0.146. The molecule has 1 unspecified atom stereocenters. The Morgan fingerprint density at radius 1 is 1.29 bits per heavy atom. The van der Waals surface area contributed by atoms with E-state index in [2.05, 4.69) is 30.5 Å². The van der Waals surface area contributed by atoms with Gasteiger partial charge in [-0.25, -0.2) is 27.7 Å². The summed E-state index contributed by atoms with van der Waals surface area (Å²) < 4.78 is 42.3. The Kier molecular flexibility index (Phi) is 5.52. The molecule has 0 bridgehead atoms. The van der Waals surface area contributed by atoms with Crippen molar-refractivity contribution >= 4 is 34.3 Å². The molecule has 35 heavy (non-hydrogen) atoms. The van der Waals surface area contributed by atoms with E-state index in [1.165, 1.54) is 16.8 Å². The Labute approximate surface area is 199 Å². The second kappa shape index (κ2) is 8.55. The van der Waals surface area contributed by atoms with E-state index in [4.69, 9.17) is 17.3 Å². The van der Waals surface area contributed by atoms with Gasteiger partial charge in [-0.1, -0.05) is 11.6 Å². The SMILES string of the molecule is N#Cc1c(NC(c2nc3c(Cl)cc(F)cc3c(=O)n2-c2ccn[nH]2)C2CC2)nc(N)nc1C(F)F. The van der Waals surface area contributed by atoms with Crippen LogP contribution in [0.4, 0.5) is 24.9 Å². The fourth-order valence-electron chi connectivity index (χ4n) is 3.88. The molecule has 14 heteroatoms. The fourth-order valence-corrected chi connectivity index (χ4v) is 4.13. The minimum absolute atomic E-state index is 0.0623. The van der Waals surface area contributed by atoms with Gasteiger partial charge >= 0.3 is 0 Å². The topological polar surface area (TPSA) is 151 Å². The molecular formula is C21H15ClF3N9O. The molecule has 0 amide bonds. The van der Waals surface area contributed by atoms with Gasteiger partial charge in [0.15, 0.2) is 5.82 Å². The fraction of sp³-hybridized carbons (Fsp3) is 0.238. The Morgan fingerprint density at radius 2 is 2.06 bits per heavy atom. The largest absolute Gasteiger partial charge is 0.368 e. The maximum atomic E-state index is 14.0. The second-order valence-corrected chi connectivity index (χ2v) is 8.31. The number of aromatic nitrogens is 6. The number of fused-ring (bicyclic) bond motifs is 1. The van der Waals surface area contributed by atoms with Gasteiger partial charge in [-0.05, 0) is 30.9 Å². The zero-order chi connectivity index (χ0) is 24.9. The highest BCUT2D eigenvalue weighted by atomic mass is 35.5. The standard InChI is InChI=1S/C21H15ClF3N9O/c22-12-6-9(23)5-10-15(12)30-19(34(20(10)35)13-3-4-28-33-13)14(8-1-2-8)29-18-11(7-26)16(17(24)25)31-21(27)32-18/h3-6,8,14,17H,1-2H2,(H,28,33)(H3,27,29,31,32). The number of hydrogen-bond donors (Lipinski definition) is 3. The summed E-state index contributed by atoms with van der Waals surface area (Å²) in [5, 5.41) is 18.9. The molecule has 1 atom stereocenters. The van der Waals surface area contributed by atoms with Crippen LogP contribution in [-0.2, 0) is 0 Å². The normalized spacial score (nSPS) is 14.3. The van der Waals surface area contributed by atoms with Gasteiger partial charge in [0.1, 0.15) is 34.8 Å². The third-order valence-corrected chi connectivity index (χ3v) is 5.87. The molecule has 3 heterocycles. The molecule has 1 fully saturated rings. The Bertz CT molecular complexity index is 1540. The number of hydrogen-bond acceptors (Lipinski definition) is 8. The lowest BCUT2D eigenvalue weighted by Gasteiger charge is -2.23. The van der Waals surface area contributed by atoms with Gasteiger partial charge in [0.2, 0.25) is 5.95 Å². The zero-order valence-corrected chi connectivity index (χ0v) is 18.4. The molecule has 0 saturated heterocycles. The minimum Gasteiger partial charge on any atom is -0.368 e. The molecule has 1 aliphatic rings. The van der Waals surface area contributed by atoms with E-state index >= 15 is 0 Å². The van der Waals surface area contributed by atoms with E-state index in [-0.39, 0.29) is 39.3 Å². The van der Waals surface area contributed by atoms with E-state index in [1.807, 2.05) is 0 Å². The van der Waals surface area contributed by atoms with E-state index in [0.717, 1.165) is 25.0 Å². The Morgan fingerprint density at radius 3 is 2.69 bits per heavy atom. The highest BCUT2D eigenvalue weighted by Crippen LogP contribution is 2.43. The molecule has 1 saturated carbocycles.